The van der Waals surface area contributed by atoms with E-state index in [1.165, 1.54) is 5.01 Å². The Morgan fingerprint density at radius 3 is 1.90 bits per heavy atom. The average Bonchev–Trinajstić information content (AvgIpc) is 3.00. The lowest BCUT2D eigenvalue weighted by molar-refractivity contribution is -0.131. The molecule has 8 nitrogen and oxygen atoms in total. The highest BCUT2D eigenvalue weighted by Crippen LogP contribution is 2.24. The fourth-order valence-corrected chi connectivity index (χ4v) is 4.24. The van der Waals surface area contributed by atoms with Gasteiger partial charge in [0.25, 0.3) is 11.8 Å². The summed E-state index contributed by atoms with van der Waals surface area (Å²) in [5, 5.41) is 4.46. The lowest BCUT2D eigenvalue weighted by atomic mass is 10.0. The van der Waals surface area contributed by atoms with Crippen molar-refractivity contribution in [2.45, 2.75) is 26.3 Å². The van der Waals surface area contributed by atoms with Crippen LogP contribution in [0.5, 0.6) is 23.0 Å². The van der Waals surface area contributed by atoms with Gasteiger partial charge in [-0.1, -0.05) is 29.8 Å². The standard InChI is InChI=1S/C33H35N3O5/c1-5-36(35-26-11-15-27(39-3)16-12-26)33(38)31(34-32(37)25-8-6-7-23(2)21-25)22-24-9-13-29(14-10-24)41-30-19-17-28(40-4)18-20-30/h6-21,31,35H,5,22H2,1-4H3,(H,34,37). The van der Waals surface area contributed by atoms with Crippen LogP contribution in [-0.4, -0.2) is 43.6 Å². The third-order valence-corrected chi connectivity index (χ3v) is 6.48. The smallest absolute Gasteiger partial charge is 0.263 e. The van der Waals surface area contributed by atoms with E-state index in [1.807, 2.05) is 98.8 Å². The summed E-state index contributed by atoms with van der Waals surface area (Å²) in [6, 6.07) is 28.6. The number of amides is 2. The van der Waals surface area contributed by atoms with Gasteiger partial charge in [-0.15, -0.1) is 0 Å². The van der Waals surface area contributed by atoms with Crippen molar-refractivity contribution in [3.8, 4) is 23.0 Å². The maximum absolute atomic E-state index is 13.8. The quantitative estimate of drug-likeness (QED) is 0.209. The number of methoxy groups -OCH3 is 2. The molecular formula is C33H35N3O5. The Balaban J connectivity index is 1.52. The third-order valence-electron chi connectivity index (χ3n) is 6.48. The average molecular weight is 554 g/mol. The van der Waals surface area contributed by atoms with Gasteiger partial charge in [0.1, 0.15) is 29.0 Å². The predicted octanol–water partition coefficient (Wildman–Crippen LogP) is 6.02. The number of hydrazine groups is 1. The molecule has 0 radical (unpaired) electrons. The van der Waals surface area contributed by atoms with E-state index < -0.39 is 6.04 Å². The Morgan fingerprint density at radius 1 is 0.780 bits per heavy atom. The summed E-state index contributed by atoms with van der Waals surface area (Å²) in [6.07, 6.45) is 0.292. The highest BCUT2D eigenvalue weighted by molar-refractivity contribution is 5.98. The zero-order chi connectivity index (χ0) is 29.2. The second kappa shape index (κ2) is 13.9. The summed E-state index contributed by atoms with van der Waals surface area (Å²) in [7, 11) is 3.22. The van der Waals surface area contributed by atoms with Gasteiger partial charge in [0, 0.05) is 18.5 Å². The second-order valence-corrected chi connectivity index (χ2v) is 9.44. The summed E-state index contributed by atoms with van der Waals surface area (Å²) in [5.74, 6) is 2.23. The Hall–Kier alpha value is -4.98. The number of anilines is 1. The molecule has 0 aromatic heterocycles. The van der Waals surface area contributed by atoms with Crippen LogP contribution in [0, 0.1) is 6.92 Å². The van der Waals surface area contributed by atoms with Gasteiger partial charge in [-0.25, -0.2) is 0 Å². The van der Waals surface area contributed by atoms with Crippen molar-refractivity contribution in [3.05, 3.63) is 114 Å². The Kier molecular flexibility index (Phi) is 9.83. The first-order chi connectivity index (χ1) is 19.9. The Morgan fingerprint density at radius 2 is 1.34 bits per heavy atom. The van der Waals surface area contributed by atoms with E-state index in [-0.39, 0.29) is 11.8 Å². The van der Waals surface area contributed by atoms with Gasteiger partial charge < -0.3 is 19.5 Å². The van der Waals surface area contributed by atoms with Crippen molar-refractivity contribution in [3.63, 3.8) is 0 Å². The molecule has 4 aromatic carbocycles. The summed E-state index contributed by atoms with van der Waals surface area (Å²) < 4.78 is 16.4. The van der Waals surface area contributed by atoms with Crippen LogP contribution in [0.25, 0.3) is 0 Å². The number of ether oxygens (including phenoxy) is 3. The first kappa shape index (κ1) is 29.0. The molecule has 0 spiro atoms. The fourth-order valence-electron chi connectivity index (χ4n) is 4.24. The molecular weight excluding hydrogens is 518 g/mol. The third kappa shape index (κ3) is 8.02. The van der Waals surface area contributed by atoms with Gasteiger partial charge in [-0.05, 0) is 92.2 Å². The van der Waals surface area contributed by atoms with Crippen LogP contribution in [0.1, 0.15) is 28.4 Å². The number of likely N-dealkylation sites (N-methyl/N-ethyl adjacent to an activating group) is 1. The predicted molar refractivity (Wildman–Crippen MR) is 160 cm³/mol. The molecule has 4 rings (SSSR count). The first-order valence-corrected chi connectivity index (χ1v) is 13.4. The number of benzene rings is 4. The monoisotopic (exact) mass is 553 g/mol. The minimum absolute atomic E-state index is 0.261. The topological polar surface area (TPSA) is 89.1 Å². The maximum atomic E-state index is 13.8. The number of hydrogen-bond donors (Lipinski definition) is 2. The highest BCUT2D eigenvalue weighted by Gasteiger charge is 2.26. The van der Waals surface area contributed by atoms with Crippen molar-refractivity contribution in [2.75, 3.05) is 26.2 Å². The lowest BCUT2D eigenvalue weighted by Crippen LogP contribution is -2.51. The van der Waals surface area contributed by atoms with Gasteiger partial charge in [0.2, 0.25) is 0 Å². The molecule has 1 unspecified atom stereocenters. The van der Waals surface area contributed by atoms with Gasteiger partial charge >= 0.3 is 0 Å². The van der Waals surface area contributed by atoms with E-state index in [4.69, 9.17) is 14.2 Å². The van der Waals surface area contributed by atoms with Crippen molar-refractivity contribution in [2.24, 2.45) is 0 Å². The molecule has 0 aliphatic rings. The molecule has 2 N–H and O–H groups in total. The molecule has 0 bridgehead atoms. The molecule has 0 heterocycles. The largest absolute Gasteiger partial charge is 0.497 e. The first-order valence-electron chi connectivity index (χ1n) is 13.4. The molecule has 0 saturated heterocycles. The molecule has 0 fully saturated rings. The van der Waals surface area contributed by atoms with Crippen LogP contribution in [-0.2, 0) is 11.2 Å². The highest BCUT2D eigenvalue weighted by atomic mass is 16.5. The van der Waals surface area contributed by atoms with Crippen molar-refractivity contribution in [1.82, 2.24) is 10.3 Å². The van der Waals surface area contributed by atoms with E-state index in [2.05, 4.69) is 10.7 Å². The SMILES string of the molecule is CCN(Nc1ccc(OC)cc1)C(=O)C(Cc1ccc(Oc2ccc(OC)cc2)cc1)NC(=O)c1cccc(C)c1. The lowest BCUT2D eigenvalue weighted by Gasteiger charge is -2.28. The van der Waals surface area contributed by atoms with Crippen LogP contribution < -0.4 is 25.0 Å². The molecule has 212 valence electrons. The molecule has 0 aliphatic heterocycles. The van der Waals surface area contributed by atoms with E-state index >= 15 is 0 Å². The van der Waals surface area contributed by atoms with Crippen LogP contribution in [0.4, 0.5) is 5.69 Å². The number of carbonyl (C=O) groups is 2. The van der Waals surface area contributed by atoms with Crippen molar-refractivity contribution in [1.29, 1.82) is 0 Å². The second-order valence-electron chi connectivity index (χ2n) is 9.44. The zero-order valence-electron chi connectivity index (χ0n) is 23.7. The number of aryl methyl sites for hydroxylation is 1. The molecule has 4 aromatic rings. The summed E-state index contributed by atoms with van der Waals surface area (Å²) >= 11 is 0. The summed E-state index contributed by atoms with van der Waals surface area (Å²) in [5.41, 5.74) is 6.22. The number of hydrogen-bond acceptors (Lipinski definition) is 6. The minimum atomic E-state index is -0.818. The molecule has 0 saturated carbocycles. The van der Waals surface area contributed by atoms with E-state index in [0.29, 0.717) is 35.8 Å². The van der Waals surface area contributed by atoms with E-state index in [1.54, 1.807) is 26.4 Å². The zero-order valence-corrected chi connectivity index (χ0v) is 23.7. The van der Waals surface area contributed by atoms with Gasteiger partial charge in [0.05, 0.1) is 19.9 Å². The number of nitrogens with one attached hydrogen (secondary N) is 2. The van der Waals surface area contributed by atoms with Crippen molar-refractivity contribution >= 4 is 17.5 Å². The van der Waals surface area contributed by atoms with Crippen LogP contribution in [0.2, 0.25) is 0 Å². The molecule has 41 heavy (non-hydrogen) atoms. The number of rotatable bonds is 12. The maximum Gasteiger partial charge on any atom is 0.263 e. The van der Waals surface area contributed by atoms with Crippen LogP contribution >= 0.6 is 0 Å². The Labute approximate surface area is 240 Å². The fraction of sp³-hybridized carbons (Fsp3) is 0.212. The summed E-state index contributed by atoms with van der Waals surface area (Å²) in [6.45, 7) is 4.18. The van der Waals surface area contributed by atoms with Gasteiger partial charge in [-0.2, -0.15) is 0 Å². The normalized spacial score (nSPS) is 11.2. The minimum Gasteiger partial charge on any atom is -0.497 e. The van der Waals surface area contributed by atoms with E-state index in [0.717, 1.165) is 22.6 Å². The van der Waals surface area contributed by atoms with Crippen LogP contribution in [0.3, 0.4) is 0 Å². The van der Waals surface area contributed by atoms with Crippen molar-refractivity contribution < 1.29 is 23.8 Å². The van der Waals surface area contributed by atoms with Gasteiger partial charge in [-0.3, -0.25) is 20.0 Å². The summed E-state index contributed by atoms with van der Waals surface area (Å²) in [4.78, 5) is 27.0. The Bertz CT molecular complexity index is 1440. The number of carbonyl (C=O) groups excluding carboxylic acids is 2. The van der Waals surface area contributed by atoms with Gasteiger partial charge in [0.15, 0.2) is 0 Å². The number of nitrogens with zero attached hydrogens (tertiary/aromatic N) is 1. The van der Waals surface area contributed by atoms with E-state index in [9.17, 15) is 9.59 Å². The molecule has 2 amide bonds. The molecule has 8 heteroatoms. The molecule has 0 aliphatic carbocycles. The van der Waals surface area contributed by atoms with Crippen LogP contribution in [0.15, 0.2) is 97.1 Å². The molecule has 1 atom stereocenters.